The molecule has 2 aromatic carbocycles. The molecular weight excluding hydrogens is 208 g/mol. The van der Waals surface area contributed by atoms with Crippen LogP contribution in [0.2, 0.25) is 0 Å². The molecule has 0 aromatic heterocycles. The van der Waals surface area contributed by atoms with Crippen molar-refractivity contribution in [2.24, 2.45) is 5.92 Å². The molecule has 2 heteroatoms. The van der Waals surface area contributed by atoms with Gasteiger partial charge in [-0.2, -0.15) is 0 Å². The number of hydrogen-bond donors (Lipinski definition) is 2. The van der Waals surface area contributed by atoms with Crippen molar-refractivity contribution in [1.29, 1.82) is 0 Å². The fourth-order valence-electron chi connectivity index (χ4n) is 2.52. The summed E-state index contributed by atoms with van der Waals surface area (Å²) in [7, 11) is 0. The van der Waals surface area contributed by atoms with Gasteiger partial charge in [0.2, 0.25) is 0 Å². The first-order chi connectivity index (χ1) is 8.43. The van der Waals surface area contributed by atoms with Crippen LogP contribution in [-0.4, -0.2) is 19.6 Å². The monoisotopic (exact) mass is 226 g/mol. The number of nitrogens with one attached hydrogen (secondary N) is 2. The second-order valence-corrected chi connectivity index (χ2v) is 4.77. The maximum atomic E-state index is 3.59. The van der Waals surface area contributed by atoms with E-state index in [9.17, 15) is 0 Å². The van der Waals surface area contributed by atoms with Crippen LogP contribution >= 0.6 is 0 Å². The molecule has 1 unspecified atom stereocenters. The molecule has 0 aliphatic carbocycles. The Morgan fingerprint density at radius 2 is 2.00 bits per heavy atom. The molecule has 17 heavy (non-hydrogen) atoms. The van der Waals surface area contributed by atoms with Crippen LogP contribution in [0, 0.1) is 5.92 Å². The standard InChI is InChI=1S/C15H18N2/c1-2-6-14-13(4-1)5-3-7-15(14)17-11-12-8-9-16-10-12/h1-7,12,16-17H,8-11H2. The third-order valence-electron chi connectivity index (χ3n) is 3.53. The predicted molar refractivity (Wildman–Crippen MR) is 73.4 cm³/mol. The van der Waals surface area contributed by atoms with Gasteiger partial charge in [0.15, 0.2) is 0 Å². The summed E-state index contributed by atoms with van der Waals surface area (Å²) in [4.78, 5) is 0. The molecule has 0 amide bonds. The van der Waals surface area contributed by atoms with Gasteiger partial charge < -0.3 is 10.6 Å². The molecule has 0 radical (unpaired) electrons. The molecule has 88 valence electrons. The van der Waals surface area contributed by atoms with Gasteiger partial charge in [-0.15, -0.1) is 0 Å². The molecule has 1 heterocycles. The van der Waals surface area contributed by atoms with Crippen molar-refractivity contribution in [3.63, 3.8) is 0 Å². The molecule has 2 nitrogen and oxygen atoms in total. The molecule has 0 saturated carbocycles. The minimum atomic E-state index is 0.772. The van der Waals surface area contributed by atoms with E-state index in [-0.39, 0.29) is 0 Å². The van der Waals surface area contributed by atoms with Crippen LogP contribution in [0.5, 0.6) is 0 Å². The van der Waals surface area contributed by atoms with E-state index in [1.807, 2.05) is 0 Å². The van der Waals surface area contributed by atoms with Gasteiger partial charge in [-0.25, -0.2) is 0 Å². The Bertz CT molecular complexity index is 496. The van der Waals surface area contributed by atoms with E-state index in [4.69, 9.17) is 0 Å². The second kappa shape index (κ2) is 4.76. The summed E-state index contributed by atoms with van der Waals surface area (Å²) in [5.41, 5.74) is 1.26. The summed E-state index contributed by atoms with van der Waals surface area (Å²) in [6.45, 7) is 3.39. The molecule has 1 fully saturated rings. The lowest BCUT2D eigenvalue weighted by Crippen LogP contribution is -2.17. The predicted octanol–water partition coefficient (Wildman–Crippen LogP) is 2.86. The SMILES string of the molecule is c1ccc2c(NCC3CCNC3)cccc2c1. The van der Waals surface area contributed by atoms with Crippen LogP contribution < -0.4 is 10.6 Å². The third-order valence-corrected chi connectivity index (χ3v) is 3.53. The number of benzene rings is 2. The van der Waals surface area contributed by atoms with Crippen LogP contribution in [0.3, 0.4) is 0 Å². The van der Waals surface area contributed by atoms with Crippen molar-refractivity contribution >= 4 is 16.5 Å². The van der Waals surface area contributed by atoms with Crippen LogP contribution in [0.25, 0.3) is 10.8 Å². The highest BCUT2D eigenvalue weighted by Crippen LogP contribution is 2.23. The first-order valence-corrected chi connectivity index (χ1v) is 6.36. The normalized spacial score (nSPS) is 19.6. The Morgan fingerprint density at radius 3 is 2.88 bits per heavy atom. The summed E-state index contributed by atoms with van der Waals surface area (Å²) < 4.78 is 0. The van der Waals surface area contributed by atoms with E-state index in [2.05, 4.69) is 53.1 Å². The average Bonchev–Trinajstić information content (AvgIpc) is 2.89. The van der Waals surface area contributed by atoms with Gasteiger partial charge in [-0.1, -0.05) is 36.4 Å². The Kier molecular flexibility index (Phi) is 2.97. The Balaban J connectivity index is 1.79. The minimum Gasteiger partial charge on any atom is -0.384 e. The van der Waals surface area contributed by atoms with Crippen molar-refractivity contribution < 1.29 is 0 Å². The summed E-state index contributed by atoms with van der Waals surface area (Å²) in [6.07, 6.45) is 1.29. The van der Waals surface area contributed by atoms with Crippen molar-refractivity contribution in [2.75, 3.05) is 25.0 Å². The van der Waals surface area contributed by atoms with Gasteiger partial charge in [0.05, 0.1) is 0 Å². The molecule has 2 N–H and O–H groups in total. The highest BCUT2D eigenvalue weighted by atomic mass is 14.9. The van der Waals surface area contributed by atoms with Crippen LogP contribution in [-0.2, 0) is 0 Å². The zero-order chi connectivity index (χ0) is 11.5. The van der Waals surface area contributed by atoms with Crippen molar-refractivity contribution in [3.05, 3.63) is 42.5 Å². The minimum absolute atomic E-state index is 0.772. The molecule has 1 aliphatic heterocycles. The lowest BCUT2D eigenvalue weighted by Gasteiger charge is -2.13. The first kappa shape index (κ1) is 10.6. The largest absolute Gasteiger partial charge is 0.384 e. The summed E-state index contributed by atoms with van der Waals surface area (Å²) in [5.74, 6) is 0.772. The smallest absolute Gasteiger partial charge is 0.0419 e. The van der Waals surface area contributed by atoms with Gasteiger partial charge in [-0.3, -0.25) is 0 Å². The van der Waals surface area contributed by atoms with E-state index in [1.165, 1.54) is 29.4 Å². The number of anilines is 1. The van der Waals surface area contributed by atoms with Crippen molar-refractivity contribution in [1.82, 2.24) is 5.32 Å². The van der Waals surface area contributed by atoms with Crippen molar-refractivity contribution in [2.45, 2.75) is 6.42 Å². The lowest BCUT2D eigenvalue weighted by molar-refractivity contribution is 0.616. The van der Waals surface area contributed by atoms with Gasteiger partial charge in [0.1, 0.15) is 0 Å². The van der Waals surface area contributed by atoms with Crippen LogP contribution in [0.1, 0.15) is 6.42 Å². The lowest BCUT2D eigenvalue weighted by atomic mass is 10.1. The number of rotatable bonds is 3. The highest BCUT2D eigenvalue weighted by Gasteiger charge is 2.13. The molecule has 3 rings (SSSR count). The summed E-state index contributed by atoms with van der Waals surface area (Å²) in [6, 6.07) is 15.0. The molecular formula is C15H18N2. The zero-order valence-electron chi connectivity index (χ0n) is 9.95. The Hall–Kier alpha value is -1.54. The zero-order valence-corrected chi connectivity index (χ0v) is 9.95. The fourth-order valence-corrected chi connectivity index (χ4v) is 2.52. The third kappa shape index (κ3) is 2.27. The molecule has 0 spiro atoms. The number of hydrogen-bond acceptors (Lipinski definition) is 2. The summed E-state index contributed by atoms with van der Waals surface area (Å²) >= 11 is 0. The number of fused-ring (bicyclic) bond motifs is 1. The van der Waals surface area contributed by atoms with E-state index < -0.39 is 0 Å². The summed E-state index contributed by atoms with van der Waals surface area (Å²) in [5, 5.41) is 9.62. The van der Waals surface area contributed by atoms with E-state index >= 15 is 0 Å². The molecule has 0 bridgehead atoms. The van der Waals surface area contributed by atoms with Crippen LogP contribution in [0.4, 0.5) is 5.69 Å². The van der Waals surface area contributed by atoms with Crippen LogP contribution in [0.15, 0.2) is 42.5 Å². The maximum Gasteiger partial charge on any atom is 0.0419 e. The van der Waals surface area contributed by atoms with Gasteiger partial charge >= 0.3 is 0 Å². The Labute approximate surface area is 102 Å². The quantitative estimate of drug-likeness (QED) is 0.841. The van der Waals surface area contributed by atoms with Gasteiger partial charge in [-0.05, 0) is 36.9 Å². The van der Waals surface area contributed by atoms with Gasteiger partial charge in [0, 0.05) is 17.6 Å². The maximum absolute atomic E-state index is 3.59. The topological polar surface area (TPSA) is 24.1 Å². The van der Waals surface area contributed by atoms with E-state index in [0.29, 0.717) is 0 Å². The van der Waals surface area contributed by atoms with Gasteiger partial charge in [0.25, 0.3) is 0 Å². The molecule has 2 aromatic rings. The second-order valence-electron chi connectivity index (χ2n) is 4.77. The Morgan fingerprint density at radius 1 is 1.12 bits per heavy atom. The first-order valence-electron chi connectivity index (χ1n) is 6.36. The average molecular weight is 226 g/mol. The molecule has 1 saturated heterocycles. The molecule has 1 atom stereocenters. The van der Waals surface area contributed by atoms with E-state index in [0.717, 1.165) is 19.0 Å². The van der Waals surface area contributed by atoms with Crippen molar-refractivity contribution in [3.8, 4) is 0 Å². The molecule has 1 aliphatic rings. The highest BCUT2D eigenvalue weighted by molar-refractivity contribution is 5.93. The van der Waals surface area contributed by atoms with E-state index in [1.54, 1.807) is 0 Å². The fraction of sp³-hybridized carbons (Fsp3) is 0.333.